The molecule has 5 rings (SSSR count). The van der Waals surface area contributed by atoms with E-state index in [0.717, 1.165) is 74.7 Å². The minimum atomic E-state index is 0.0692. The predicted molar refractivity (Wildman–Crippen MR) is 148 cm³/mol. The van der Waals surface area contributed by atoms with Crippen molar-refractivity contribution in [3.05, 3.63) is 59.8 Å². The molecular weight excluding hydrogens is 494 g/mol. The summed E-state index contributed by atoms with van der Waals surface area (Å²) in [6.07, 6.45) is 4.40. The molecule has 39 heavy (non-hydrogen) atoms. The molecule has 0 amide bonds. The first kappa shape index (κ1) is 26.9. The molecule has 2 aromatic carbocycles. The van der Waals surface area contributed by atoms with Crippen LogP contribution in [0.25, 0.3) is 11.3 Å². The quantitative estimate of drug-likeness (QED) is 0.374. The fourth-order valence-electron chi connectivity index (χ4n) is 4.69. The molecule has 0 radical (unpaired) electrons. The van der Waals surface area contributed by atoms with Crippen LogP contribution >= 0.6 is 0 Å². The second-order valence-electron chi connectivity index (χ2n) is 9.78. The minimum absolute atomic E-state index is 0.0692. The fourth-order valence-corrected chi connectivity index (χ4v) is 4.69. The van der Waals surface area contributed by atoms with E-state index in [2.05, 4.69) is 21.3 Å². The highest BCUT2D eigenvalue weighted by Crippen LogP contribution is 2.29. The van der Waals surface area contributed by atoms with E-state index in [0.29, 0.717) is 42.8 Å². The summed E-state index contributed by atoms with van der Waals surface area (Å²) in [4.78, 5) is 11.5. The standard InChI is InChI=1S/C30H35N5O4/c1-22-3-5-25(20-29(22)38-14-2-11-35-12-17-37-18-13-35)33-30-32-10-7-27(34-30)23-4-6-28(24(19-23)21-31)39-26-8-15-36-16-9-26/h3-7,10,19-20,26H,2,8-9,11-18H2,1H3,(H,32,33,34). The molecule has 1 aromatic heterocycles. The maximum atomic E-state index is 9.74. The van der Waals surface area contributed by atoms with E-state index in [4.69, 9.17) is 23.9 Å². The average Bonchev–Trinajstić information content (AvgIpc) is 2.98. The first-order valence-electron chi connectivity index (χ1n) is 13.6. The van der Waals surface area contributed by atoms with Gasteiger partial charge in [-0.3, -0.25) is 4.90 Å². The van der Waals surface area contributed by atoms with Crippen molar-refractivity contribution in [3.8, 4) is 28.8 Å². The lowest BCUT2D eigenvalue weighted by molar-refractivity contribution is 0.0254. The van der Waals surface area contributed by atoms with Gasteiger partial charge in [0.25, 0.3) is 0 Å². The number of hydrogen-bond donors (Lipinski definition) is 1. The van der Waals surface area contributed by atoms with Crippen LogP contribution < -0.4 is 14.8 Å². The van der Waals surface area contributed by atoms with E-state index < -0.39 is 0 Å². The Balaban J connectivity index is 1.22. The van der Waals surface area contributed by atoms with E-state index in [9.17, 15) is 5.26 Å². The molecular formula is C30H35N5O4. The smallest absolute Gasteiger partial charge is 0.227 e. The van der Waals surface area contributed by atoms with E-state index in [1.54, 1.807) is 6.20 Å². The molecule has 204 valence electrons. The number of aryl methyl sites for hydroxylation is 1. The minimum Gasteiger partial charge on any atom is -0.493 e. The van der Waals surface area contributed by atoms with E-state index in [1.165, 1.54) is 0 Å². The molecule has 9 heteroatoms. The van der Waals surface area contributed by atoms with Crippen molar-refractivity contribution in [2.45, 2.75) is 32.3 Å². The molecule has 9 nitrogen and oxygen atoms in total. The van der Waals surface area contributed by atoms with Crippen molar-refractivity contribution in [3.63, 3.8) is 0 Å². The maximum Gasteiger partial charge on any atom is 0.227 e. The number of ether oxygens (including phenoxy) is 4. The molecule has 3 aromatic rings. The molecule has 2 aliphatic rings. The first-order valence-corrected chi connectivity index (χ1v) is 13.6. The molecule has 2 saturated heterocycles. The zero-order valence-corrected chi connectivity index (χ0v) is 22.4. The van der Waals surface area contributed by atoms with Crippen molar-refractivity contribution in [2.75, 3.05) is 58.0 Å². The molecule has 0 spiro atoms. The number of hydrogen-bond acceptors (Lipinski definition) is 9. The van der Waals surface area contributed by atoms with Crippen LogP contribution in [-0.4, -0.2) is 73.6 Å². The third kappa shape index (κ3) is 7.45. The second kappa shape index (κ2) is 13.4. The maximum absolute atomic E-state index is 9.74. The van der Waals surface area contributed by atoms with Crippen LogP contribution in [0.1, 0.15) is 30.4 Å². The number of benzene rings is 2. The molecule has 2 fully saturated rings. The van der Waals surface area contributed by atoms with Crippen LogP contribution in [0.5, 0.6) is 11.5 Å². The van der Waals surface area contributed by atoms with Gasteiger partial charge >= 0.3 is 0 Å². The summed E-state index contributed by atoms with van der Waals surface area (Å²) in [6, 6.07) is 15.7. The van der Waals surface area contributed by atoms with Crippen LogP contribution in [0.15, 0.2) is 48.7 Å². The molecule has 2 aliphatic heterocycles. The van der Waals surface area contributed by atoms with Gasteiger partial charge in [0, 0.05) is 56.0 Å². The fraction of sp³-hybridized carbons (Fsp3) is 0.433. The van der Waals surface area contributed by atoms with Crippen molar-refractivity contribution < 1.29 is 18.9 Å². The Bertz CT molecular complexity index is 1280. The number of nitrogens with zero attached hydrogens (tertiary/aromatic N) is 4. The lowest BCUT2D eigenvalue weighted by Gasteiger charge is -2.26. The van der Waals surface area contributed by atoms with Crippen molar-refractivity contribution >= 4 is 11.6 Å². The van der Waals surface area contributed by atoms with Crippen LogP contribution in [0.2, 0.25) is 0 Å². The zero-order chi connectivity index (χ0) is 26.9. The largest absolute Gasteiger partial charge is 0.493 e. The lowest BCUT2D eigenvalue weighted by atomic mass is 10.1. The number of rotatable bonds is 10. The summed E-state index contributed by atoms with van der Waals surface area (Å²) in [5.41, 5.74) is 3.95. The van der Waals surface area contributed by atoms with Gasteiger partial charge in [0.15, 0.2) is 0 Å². The topological polar surface area (TPSA) is 102 Å². The molecule has 0 saturated carbocycles. The second-order valence-corrected chi connectivity index (χ2v) is 9.78. The van der Waals surface area contributed by atoms with Crippen molar-refractivity contribution in [1.29, 1.82) is 5.26 Å². The highest BCUT2D eigenvalue weighted by Gasteiger charge is 2.18. The molecule has 0 bridgehead atoms. The van der Waals surface area contributed by atoms with E-state index in [-0.39, 0.29) is 6.10 Å². The highest BCUT2D eigenvalue weighted by molar-refractivity contribution is 5.66. The number of anilines is 2. The summed E-state index contributed by atoms with van der Waals surface area (Å²) in [5.74, 6) is 1.91. The Labute approximate surface area is 229 Å². The summed E-state index contributed by atoms with van der Waals surface area (Å²) in [6.45, 7) is 8.68. The SMILES string of the molecule is Cc1ccc(Nc2nccc(-c3ccc(OC4CCOCC4)c(C#N)c3)n2)cc1OCCCN1CCOCC1. The van der Waals surface area contributed by atoms with E-state index >= 15 is 0 Å². The average molecular weight is 530 g/mol. The van der Waals surface area contributed by atoms with Gasteiger partial charge in [-0.05, 0) is 49.2 Å². The van der Waals surface area contributed by atoms with Gasteiger partial charge in [0.05, 0.1) is 44.3 Å². The van der Waals surface area contributed by atoms with Gasteiger partial charge in [0.2, 0.25) is 5.95 Å². The summed E-state index contributed by atoms with van der Waals surface area (Å²) in [7, 11) is 0. The number of nitrogens with one attached hydrogen (secondary N) is 1. The summed E-state index contributed by atoms with van der Waals surface area (Å²) < 4.78 is 23.0. The Hall–Kier alpha value is -3.71. The normalized spacial score (nSPS) is 16.4. The van der Waals surface area contributed by atoms with Crippen LogP contribution in [0.4, 0.5) is 11.6 Å². The third-order valence-corrected chi connectivity index (χ3v) is 6.94. The van der Waals surface area contributed by atoms with Gasteiger partial charge in [-0.15, -0.1) is 0 Å². The number of aromatic nitrogens is 2. The number of nitriles is 1. The van der Waals surface area contributed by atoms with Crippen molar-refractivity contribution in [2.24, 2.45) is 0 Å². The van der Waals surface area contributed by atoms with Gasteiger partial charge < -0.3 is 24.3 Å². The summed E-state index contributed by atoms with van der Waals surface area (Å²) in [5, 5.41) is 13.0. The zero-order valence-electron chi connectivity index (χ0n) is 22.4. The Morgan fingerprint density at radius 3 is 2.67 bits per heavy atom. The van der Waals surface area contributed by atoms with Gasteiger partial charge in [-0.25, -0.2) is 9.97 Å². The van der Waals surface area contributed by atoms with E-state index in [1.807, 2.05) is 49.4 Å². The number of morpholine rings is 1. The highest BCUT2D eigenvalue weighted by atomic mass is 16.5. The van der Waals surface area contributed by atoms with Gasteiger partial charge in [0.1, 0.15) is 23.7 Å². The van der Waals surface area contributed by atoms with Gasteiger partial charge in [-0.1, -0.05) is 6.07 Å². The third-order valence-electron chi connectivity index (χ3n) is 6.94. The Morgan fingerprint density at radius 2 is 1.85 bits per heavy atom. The monoisotopic (exact) mass is 529 g/mol. The Morgan fingerprint density at radius 1 is 1.03 bits per heavy atom. The Kier molecular flexibility index (Phi) is 9.22. The molecule has 0 atom stereocenters. The molecule has 0 unspecified atom stereocenters. The molecule has 1 N–H and O–H groups in total. The molecule has 0 aliphatic carbocycles. The van der Waals surface area contributed by atoms with Crippen LogP contribution in [0.3, 0.4) is 0 Å². The first-order chi connectivity index (χ1) is 19.2. The van der Waals surface area contributed by atoms with Crippen LogP contribution in [-0.2, 0) is 9.47 Å². The van der Waals surface area contributed by atoms with Gasteiger partial charge in [-0.2, -0.15) is 5.26 Å². The van der Waals surface area contributed by atoms with Crippen molar-refractivity contribution in [1.82, 2.24) is 14.9 Å². The molecule has 3 heterocycles. The summed E-state index contributed by atoms with van der Waals surface area (Å²) >= 11 is 0. The van der Waals surface area contributed by atoms with Crippen LogP contribution in [0, 0.1) is 18.3 Å². The lowest BCUT2D eigenvalue weighted by Crippen LogP contribution is -2.37. The predicted octanol–water partition coefficient (Wildman–Crippen LogP) is 4.73.